The fraction of sp³-hybridized carbons (Fsp3) is 0.172. The van der Waals surface area contributed by atoms with Crippen LogP contribution in [0.5, 0.6) is 0 Å². The first-order chi connectivity index (χ1) is 17.4. The summed E-state index contributed by atoms with van der Waals surface area (Å²) in [6.45, 7) is 1.73. The number of rotatable bonds is 2. The molecule has 8 rings (SSSR count). The van der Waals surface area contributed by atoms with Crippen molar-refractivity contribution in [2.75, 3.05) is 18.4 Å². The van der Waals surface area contributed by atoms with Crippen LogP contribution in [0.15, 0.2) is 82.4 Å². The van der Waals surface area contributed by atoms with Crippen molar-refractivity contribution in [3.63, 3.8) is 0 Å². The van der Waals surface area contributed by atoms with Gasteiger partial charge in [-0.3, -0.25) is 4.99 Å². The predicted octanol–water partition coefficient (Wildman–Crippen LogP) is 6.51. The first-order valence-electron chi connectivity index (χ1n) is 12.1. The number of furan rings is 1. The molecular weight excluding hydrogens is 452 g/mol. The Morgan fingerprint density at radius 3 is 2.74 bits per heavy atom. The van der Waals surface area contributed by atoms with Crippen LogP contribution in [0, 0.1) is 0 Å². The Labute approximate surface area is 206 Å². The van der Waals surface area contributed by atoms with E-state index in [1.165, 1.54) is 32.7 Å². The summed E-state index contributed by atoms with van der Waals surface area (Å²) in [7, 11) is 0. The second-order valence-electron chi connectivity index (χ2n) is 9.29. The van der Waals surface area contributed by atoms with Gasteiger partial charge in [0.1, 0.15) is 22.6 Å². The average molecular weight is 475 g/mol. The van der Waals surface area contributed by atoms with Gasteiger partial charge in [-0.15, -0.1) is 11.3 Å². The molecule has 0 amide bonds. The number of fused-ring (bicyclic) bond motifs is 8. The quantitative estimate of drug-likeness (QED) is 0.317. The number of amidine groups is 1. The van der Waals surface area contributed by atoms with Crippen LogP contribution in [-0.2, 0) is 12.8 Å². The normalized spacial score (nSPS) is 17.9. The van der Waals surface area contributed by atoms with Gasteiger partial charge < -0.3 is 14.6 Å². The molecule has 1 aliphatic carbocycles. The van der Waals surface area contributed by atoms with E-state index in [-0.39, 0.29) is 6.17 Å². The number of thiophene rings is 1. The number of nitrogens with one attached hydrogen (secondary N) is 1. The Morgan fingerprint density at radius 2 is 1.86 bits per heavy atom. The summed E-state index contributed by atoms with van der Waals surface area (Å²) >= 11 is 1.74. The predicted molar refractivity (Wildman–Crippen MR) is 141 cm³/mol. The Bertz CT molecular complexity index is 1630. The minimum Gasteiger partial charge on any atom is -0.464 e. The molecule has 0 fully saturated rings. The fourth-order valence-electron chi connectivity index (χ4n) is 5.88. The van der Waals surface area contributed by atoms with E-state index in [4.69, 9.17) is 14.4 Å². The van der Waals surface area contributed by atoms with Crippen LogP contribution >= 0.6 is 11.3 Å². The number of pyridine rings is 1. The van der Waals surface area contributed by atoms with Crippen molar-refractivity contribution in [2.45, 2.75) is 19.0 Å². The van der Waals surface area contributed by atoms with E-state index in [1.54, 1.807) is 17.6 Å². The molecule has 0 bridgehead atoms. The number of benzene rings is 2. The minimum absolute atomic E-state index is 0.0453. The van der Waals surface area contributed by atoms with Crippen LogP contribution in [0.4, 0.5) is 5.69 Å². The van der Waals surface area contributed by atoms with Crippen molar-refractivity contribution in [1.82, 2.24) is 9.88 Å². The summed E-state index contributed by atoms with van der Waals surface area (Å²) in [6.07, 6.45) is 3.78. The second kappa shape index (κ2) is 7.30. The van der Waals surface area contributed by atoms with E-state index in [9.17, 15) is 0 Å². The summed E-state index contributed by atoms with van der Waals surface area (Å²) in [5.74, 6) is 1.99. The van der Waals surface area contributed by atoms with Crippen molar-refractivity contribution in [3.05, 3.63) is 94.6 Å². The maximum absolute atomic E-state index is 6.05. The third-order valence-corrected chi connectivity index (χ3v) is 8.49. The van der Waals surface area contributed by atoms with E-state index in [1.807, 2.05) is 6.07 Å². The van der Waals surface area contributed by atoms with E-state index < -0.39 is 0 Å². The Hall–Kier alpha value is -3.90. The highest BCUT2D eigenvalue weighted by Gasteiger charge is 2.38. The molecule has 1 unspecified atom stereocenters. The van der Waals surface area contributed by atoms with Crippen LogP contribution in [0.3, 0.4) is 0 Å². The number of hydrogen-bond acceptors (Lipinski definition) is 6. The Kier molecular flexibility index (Phi) is 4.05. The number of aromatic nitrogens is 1. The zero-order chi connectivity index (χ0) is 22.9. The highest BCUT2D eigenvalue weighted by Crippen LogP contribution is 2.50. The molecule has 1 N–H and O–H groups in total. The van der Waals surface area contributed by atoms with E-state index in [0.29, 0.717) is 0 Å². The lowest BCUT2D eigenvalue weighted by Crippen LogP contribution is -2.40. The van der Waals surface area contributed by atoms with Gasteiger partial charge in [0.25, 0.3) is 0 Å². The lowest BCUT2D eigenvalue weighted by molar-refractivity contribution is 0.372. The van der Waals surface area contributed by atoms with Gasteiger partial charge in [-0.1, -0.05) is 54.6 Å². The van der Waals surface area contributed by atoms with E-state index >= 15 is 0 Å². The molecular formula is C29H22N4OS. The first-order valence-corrected chi connectivity index (χ1v) is 12.9. The topological polar surface area (TPSA) is 53.7 Å². The van der Waals surface area contributed by atoms with Gasteiger partial charge >= 0.3 is 0 Å². The largest absolute Gasteiger partial charge is 0.464 e. The minimum atomic E-state index is 0.0453. The molecule has 6 heteroatoms. The van der Waals surface area contributed by atoms with Gasteiger partial charge in [0.15, 0.2) is 0 Å². The van der Waals surface area contributed by atoms with Crippen molar-refractivity contribution < 1.29 is 4.42 Å². The van der Waals surface area contributed by atoms with Crippen LogP contribution in [0.2, 0.25) is 0 Å². The molecule has 0 radical (unpaired) electrons. The molecule has 0 saturated carbocycles. The first kappa shape index (κ1) is 19.4. The molecule has 5 aromatic rings. The zero-order valence-corrected chi connectivity index (χ0v) is 19.8. The summed E-state index contributed by atoms with van der Waals surface area (Å²) in [5, 5.41) is 5.07. The molecule has 5 heterocycles. The fourth-order valence-corrected chi connectivity index (χ4v) is 7.05. The van der Waals surface area contributed by atoms with Gasteiger partial charge in [0.05, 0.1) is 29.1 Å². The molecule has 5 nitrogen and oxygen atoms in total. The highest BCUT2D eigenvalue weighted by atomic mass is 32.1. The molecule has 3 aliphatic rings. The van der Waals surface area contributed by atoms with Crippen molar-refractivity contribution in [2.24, 2.45) is 4.99 Å². The lowest BCUT2D eigenvalue weighted by atomic mass is 9.85. The molecule has 0 spiro atoms. The van der Waals surface area contributed by atoms with Crippen molar-refractivity contribution >= 4 is 33.1 Å². The average Bonchev–Trinajstić information content (AvgIpc) is 3.67. The summed E-state index contributed by atoms with van der Waals surface area (Å²) in [4.78, 5) is 14.9. The SMILES string of the molecule is c1ccc(C2Nc3c(sc4nc5c(c(-c6ccco6)c34)CCc3ccccc3-5)C3=NCCN32)cc1. The van der Waals surface area contributed by atoms with Gasteiger partial charge in [0.2, 0.25) is 0 Å². The third-order valence-electron chi connectivity index (χ3n) is 7.41. The van der Waals surface area contributed by atoms with Gasteiger partial charge in [-0.05, 0) is 41.7 Å². The number of nitrogens with zero attached hydrogens (tertiary/aromatic N) is 3. The standard InChI is InChI=1S/C29H22N4OS/c1-2-8-18(9-3-1)27-31-25-23-22(21-11-6-16-34-21)20-13-12-17-7-4-5-10-19(17)24(20)32-29(23)35-26(25)28-30-14-15-33(27)28/h1-11,16,27,31H,12-15H2. The maximum Gasteiger partial charge on any atom is 0.145 e. The maximum atomic E-state index is 6.05. The van der Waals surface area contributed by atoms with Crippen LogP contribution < -0.4 is 5.32 Å². The van der Waals surface area contributed by atoms with Gasteiger partial charge in [0, 0.05) is 23.1 Å². The number of hydrogen-bond donors (Lipinski definition) is 1. The lowest BCUT2D eigenvalue weighted by Gasteiger charge is -2.36. The second-order valence-corrected chi connectivity index (χ2v) is 10.3. The van der Waals surface area contributed by atoms with Crippen LogP contribution in [0.1, 0.15) is 27.7 Å². The number of anilines is 1. The smallest absolute Gasteiger partial charge is 0.145 e. The molecule has 0 saturated heterocycles. The molecule has 2 aliphatic heterocycles. The number of aliphatic imine (C=N–C) groups is 1. The molecule has 3 aromatic heterocycles. The monoisotopic (exact) mass is 474 g/mol. The van der Waals surface area contributed by atoms with E-state index in [0.717, 1.165) is 59.1 Å². The van der Waals surface area contributed by atoms with Crippen LogP contribution in [-0.4, -0.2) is 28.8 Å². The van der Waals surface area contributed by atoms with E-state index in [2.05, 4.69) is 70.9 Å². The van der Waals surface area contributed by atoms with Crippen LogP contribution in [0.25, 0.3) is 32.8 Å². The summed E-state index contributed by atoms with van der Waals surface area (Å²) in [6, 6.07) is 23.4. The van der Waals surface area contributed by atoms with Crippen molar-refractivity contribution in [3.8, 4) is 22.6 Å². The zero-order valence-electron chi connectivity index (χ0n) is 19.0. The van der Waals surface area contributed by atoms with Gasteiger partial charge in [-0.2, -0.15) is 0 Å². The molecule has 2 aromatic carbocycles. The Balaban J connectivity index is 1.44. The highest BCUT2D eigenvalue weighted by molar-refractivity contribution is 7.21. The van der Waals surface area contributed by atoms with Gasteiger partial charge in [-0.25, -0.2) is 4.98 Å². The molecule has 1 atom stereocenters. The third kappa shape index (κ3) is 2.74. The van der Waals surface area contributed by atoms with Crippen molar-refractivity contribution in [1.29, 1.82) is 0 Å². The molecule has 35 heavy (non-hydrogen) atoms. The summed E-state index contributed by atoms with van der Waals surface area (Å²) in [5.41, 5.74) is 8.53. The Morgan fingerprint density at radius 1 is 0.971 bits per heavy atom. The number of aryl methyl sites for hydroxylation is 1. The molecule has 170 valence electrons. The summed E-state index contributed by atoms with van der Waals surface area (Å²) < 4.78 is 6.05.